The minimum absolute atomic E-state index is 0.251. The molecule has 1 fully saturated rings. The molecule has 1 aliphatic rings. The molecule has 1 unspecified atom stereocenters. The third kappa shape index (κ3) is 5.04. The molecule has 1 atom stereocenters. The van der Waals surface area contributed by atoms with Gasteiger partial charge in [-0.1, -0.05) is 96.7 Å². The quantitative estimate of drug-likeness (QED) is 0.320. The normalized spacial score (nSPS) is 16.2. The van der Waals surface area contributed by atoms with Crippen LogP contribution in [-0.4, -0.2) is 23.9 Å². The Labute approximate surface area is 214 Å². The summed E-state index contributed by atoms with van der Waals surface area (Å²) < 4.78 is 5.22. The monoisotopic (exact) mass is 492 g/mol. The second-order valence-electron chi connectivity index (χ2n) is 8.22. The van der Waals surface area contributed by atoms with Crippen molar-refractivity contribution in [2.45, 2.75) is 5.37 Å². The van der Waals surface area contributed by atoms with E-state index in [1.807, 2.05) is 103 Å². The molecule has 1 aliphatic heterocycles. The number of ether oxygens (including phenoxy) is 1. The molecule has 1 heterocycles. The van der Waals surface area contributed by atoms with E-state index in [2.05, 4.69) is 5.43 Å². The van der Waals surface area contributed by atoms with E-state index in [1.54, 1.807) is 19.2 Å². The fraction of sp³-hybridized carbons (Fsp3) is 0.0667. The summed E-state index contributed by atoms with van der Waals surface area (Å²) in [5.74, 6) is 0.158. The van der Waals surface area contributed by atoms with Crippen molar-refractivity contribution in [2.24, 2.45) is 0 Å². The van der Waals surface area contributed by atoms with Gasteiger partial charge in [0.05, 0.1) is 12.0 Å². The van der Waals surface area contributed by atoms with Crippen LogP contribution in [0.4, 0.5) is 0 Å². The van der Waals surface area contributed by atoms with Gasteiger partial charge in [-0.3, -0.25) is 15.0 Å². The highest BCUT2D eigenvalue weighted by Gasteiger charge is 2.38. The number of carbonyl (C=O) groups is 2. The van der Waals surface area contributed by atoms with Crippen LogP contribution in [0.25, 0.3) is 17.2 Å². The third-order valence-corrected chi connectivity index (χ3v) is 7.13. The van der Waals surface area contributed by atoms with E-state index in [1.165, 1.54) is 16.8 Å². The predicted octanol–water partition coefficient (Wildman–Crippen LogP) is 6.32. The van der Waals surface area contributed by atoms with Crippen molar-refractivity contribution in [1.29, 1.82) is 0 Å². The zero-order valence-corrected chi connectivity index (χ0v) is 20.4. The van der Waals surface area contributed by atoms with Crippen LogP contribution in [0.15, 0.2) is 114 Å². The Kier molecular flexibility index (Phi) is 6.87. The summed E-state index contributed by atoms with van der Waals surface area (Å²) in [7, 11) is 1.62. The zero-order chi connectivity index (χ0) is 24.9. The standard InChI is InChI=1S/C30H24N2O3S/c1-35-26-18-12-21(13-19-26)20-27-29(34)32(30(36-27)25-10-6-3-7-11-25)31-28(33)24-16-14-23(15-17-24)22-8-4-2-5-9-22/h2-20,30H,1H3,(H,31,33)/b27-20+. The number of thioether (sulfide) groups is 1. The van der Waals surface area contributed by atoms with Gasteiger partial charge in [0, 0.05) is 5.56 Å². The lowest BCUT2D eigenvalue weighted by atomic mass is 10.0. The average Bonchev–Trinajstić information content (AvgIpc) is 3.24. The first-order valence-electron chi connectivity index (χ1n) is 11.5. The van der Waals surface area contributed by atoms with Gasteiger partial charge in [-0.15, -0.1) is 0 Å². The van der Waals surface area contributed by atoms with E-state index in [-0.39, 0.29) is 17.2 Å². The second kappa shape index (κ2) is 10.5. The van der Waals surface area contributed by atoms with Crippen LogP contribution in [-0.2, 0) is 4.79 Å². The summed E-state index contributed by atoms with van der Waals surface area (Å²) in [5.41, 5.74) is 7.23. The molecule has 0 aliphatic carbocycles. The lowest BCUT2D eigenvalue weighted by molar-refractivity contribution is -0.128. The molecule has 2 amide bonds. The molecular weight excluding hydrogens is 468 g/mol. The first kappa shape index (κ1) is 23.5. The summed E-state index contributed by atoms with van der Waals surface area (Å²) in [6.07, 6.45) is 1.84. The minimum atomic E-state index is -0.379. The molecule has 4 aromatic carbocycles. The molecule has 0 radical (unpaired) electrons. The molecule has 1 N–H and O–H groups in total. The van der Waals surface area contributed by atoms with Crippen molar-refractivity contribution in [2.75, 3.05) is 7.11 Å². The molecule has 0 spiro atoms. The zero-order valence-electron chi connectivity index (χ0n) is 19.6. The van der Waals surface area contributed by atoms with Crippen molar-refractivity contribution in [3.05, 3.63) is 131 Å². The number of carbonyl (C=O) groups excluding carboxylic acids is 2. The molecule has 1 saturated heterocycles. The van der Waals surface area contributed by atoms with E-state index in [4.69, 9.17) is 4.74 Å². The largest absolute Gasteiger partial charge is 0.497 e. The van der Waals surface area contributed by atoms with Gasteiger partial charge in [0.2, 0.25) is 0 Å². The van der Waals surface area contributed by atoms with Gasteiger partial charge in [0.15, 0.2) is 0 Å². The van der Waals surface area contributed by atoms with Gasteiger partial charge in [-0.05, 0) is 52.6 Å². The molecule has 0 saturated carbocycles. The Morgan fingerprint density at radius 3 is 2.08 bits per heavy atom. The SMILES string of the molecule is COc1ccc(/C=C2/SC(c3ccccc3)N(NC(=O)c3ccc(-c4ccccc4)cc3)C2=O)cc1. The number of benzene rings is 4. The number of methoxy groups -OCH3 is 1. The molecule has 0 aromatic heterocycles. The molecule has 5 nitrogen and oxygen atoms in total. The molecular formula is C30H24N2O3S. The Bertz CT molecular complexity index is 1390. The molecule has 0 bridgehead atoms. The number of nitrogens with one attached hydrogen (secondary N) is 1. The number of hydrogen-bond acceptors (Lipinski definition) is 4. The van der Waals surface area contributed by atoms with E-state index in [0.29, 0.717) is 10.5 Å². The molecule has 5 rings (SSSR count). The van der Waals surface area contributed by atoms with Gasteiger partial charge in [0.25, 0.3) is 11.8 Å². The molecule has 178 valence electrons. The number of amides is 2. The first-order chi connectivity index (χ1) is 17.6. The lowest BCUT2D eigenvalue weighted by Crippen LogP contribution is -2.44. The summed E-state index contributed by atoms with van der Waals surface area (Å²) >= 11 is 1.41. The second-order valence-corrected chi connectivity index (χ2v) is 9.34. The highest BCUT2D eigenvalue weighted by molar-refractivity contribution is 8.04. The summed E-state index contributed by atoms with van der Waals surface area (Å²) in [6.45, 7) is 0. The van der Waals surface area contributed by atoms with Gasteiger partial charge in [0.1, 0.15) is 11.1 Å². The van der Waals surface area contributed by atoms with Crippen molar-refractivity contribution in [3.63, 3.8) is 0 Å². The third-order valence-electron chi connectivity index (χ3n) is 5.88. The van der Waals surface area contributed by atoms with Crippen LogP contribution < -0.4 is 10.2 Å². The summed E-state index contributed by atoms with van der Waals surface area (Å²) in [6, 6.07) is 34.5. The molecule has 4 aromatic rings. The number of hydrazine groups is 1. The minimum Gasteiger partial charge on any atom is -0.497 e. The summed E-state index contributed by atoms with van der Waals surface area (Å²) in [4.78, 5) is 27.1. The fourth-order valence-electron chi connectivity index (χ4n) is 3.96. The van der Waals surface area contributed by atoms with Gasteiger partial charge in [-0.2, -0.15) is 0 Å². The van der Waals surface area contributed by atoms with Crippen molar-refractivity contribution in [1.82, 2.24) is 10.4 Å². The van der Waals surface area contributed by atoms with Crippen LogP contribution in [0, 0.1) is 0 Å². The van der Waals surface area contributed by atoms with E-state index in [0.717, 1.165) is 28.0 Å². The maximum atomic E-state index is 13.4. The lowest BCUT2D eigenvalue weighted by Gasteiger charge is -2.24. The Morgan fingerprint density at radius 1 is 0.833 bits per heavy atom. The fourth-order valence-corrected chi connectivity index (χ4v) is 5.15. The topological polar surface area (TPSA) is 58.6 Å². The van der Waals surface area contributed by atoms with E-state index >= 15 is 0 Å². The predicted molar refractivity (Wildman–Crippen MR) is 144 cm³/mol. The van der Waals surface area contributed by atoms with Gasteiger partial charge in [-0.25, -0.2) is 5.01 Å². The van der Waals surface area contributed by atoms with Gasteiger partial charge < -0.3 is 4.74 Å². The molecule has 6 heteroatoms. The Morgan fingerprint density at radius 2 is 1.44 bits per heavy atom. The average molecular weight is 493 g/mol. The van der Waals surface area contributed by atoms with E-state index in [9.17, 15) is 9.59 Å². The number of hydrogen-bond donors (Lipinski definition) is 1. The van der Waals surface area contributed by atoms with E-state index < -0.39 is 0 Å². The van der Waals surface area contributed by atoms with Crippen molar-refractivity contribution >= 4 is 29.7 Å². The highest BCUT2D eigenvalue weighted by atomic mass is 32.2. The highest BCUT2D eigenvalue weighted by Crippen LogP contribution is 2.45. The Hall–Kier alpha value is -4.29. The summed E-state index contributed by atoms with van der Waals surface area (Å²) in [5, 5.41) is 1.04. The van der Waals surface area contributed by atoms with Crippen LogP contribution in [0.3, 0.4) is 0 Å². The van der Waals surface area contributed by atoms with Crippen LogP contribution in [0.5, 0.6) is 5.75 Å². The van der Waals surface area contributed by atoms with Crippen LogP contribution in [0.1, 0.15) is 26.9 Å². The molecule has 36 heavy (non-hydrogen) atoms. The number of rotatable bonds is 6. The Balaban J connectivity index is 1.39. The van der Waals surface area contributed by atoms with Crippen molar-refractivity contribution < 1.29 is 14.3 Å². The smallest absolute Gasteiger partial charge is 0.280 e. The first-order valence-corrected chi connectivity index (χ1v) is 12.4. The maximum absolute atomic E-state index is 13.4. The van der Waals surface area contributed by atoms with Gasteiger partial charge >= 0.3 is 0 Å². The number of nitrogens with zero attached hydrogens (tertiary/aromatic N) is 1. The maximum Gasteiger partial charge on any atom is 0.280 e. The van der Waals surface area contributed by atoms with Crippen LogP contribution in [0.2, 0.25) is 0 Å². The van der Waals surface area contributed by atoms with Crippen LogP contribution >= 0.6 is 11.8 Å². The van der Waals surface area contributed by atoms with Crippen molar-refractivity contribution in [3.8, 4) is 16.9 Å².